The molecule has 1 fully saturated rings. The van der Waals surface area contributed by atoms with Gasteiger partial charge in [-0.15, -0.1) is 0 Å². The molecule has 1 aliphatic rings. The van der Waals surface area contributed by atoms with E-state index >= 15 is 0 Å². The maximum atomic E-state index is 6.02. The number of aromatic nitrogens is 1. The van der Waals surface area contributed by atoms with Crippen molar-refractivity contribution in [1.82, 2.24) is 4.98 Å². The number of rotatable bonds is 2. The molecule has 0 aromatic carbocycles. The Morgan fingerprint density at radius 1 is 1.41 bits per heavy atom. The Bertz CT molecular complexity index is 362. The van der Waals surface area contributed by atoms with Gasteiger partial charge in [-0.05, 0) is 38.2 Å². The van der Waals surface area contributed by atoms with Crippen LogP contribution >= 0.6 is 0 Å². The lowest BCUT2D eigenvalue weighted by atomic mass is 10.0. The van der Waals surface area contributed by atoms with Gasteiger partial charge < -0.3 is 10.6 Å². The summed E-state index contributed by atoms with van der Waals surface area (Å²) in [5.74, 6) is 1.93. The van der Waals surface area contributed by atoms with Gasteiger partial charge in [0.05, 0.1) is 0 Å². The Hall–Kier alpha value is -1.09. The molecule has 2 rings (SSSR count). The van der Waals surface area contributed by atoms with E-state index in [0.29, 0.717) is 0 Å². The lowest BCUT2D eigenvalue weighted by Gasteiger charge is -2.25. The van der Waals surface area contributed by atoms with E-state index in [4.69, 9.17) is 5.73 Å². The summed E-state index contributed by atoms with van der Waals surface area (Å²) < 4.78 is 0. The second-order valence-corrected chi connectivity index (χ2v) is 5.23. The summed E-state index contributed by atoms with van der Waals surface area (Å²) in [7, 11) is 0. The number of nitrogens with zero attached hydrogens (tertiary/aromatic N) is 2. The van der Waals surface area contributed by atoms with Crippen molar-refractivity contribution in [3.05, 3.63) is 23.9 Å². The van der Waals surface area contributed by atoms with Crippen LogP contribution in [0, 0.1) is 5.92 Å². The fourth-order valence-corrected chi connectivity index (χ4v) is 2.50. The van der Waals surface area contributed by atoms with Gasteiger partial charge in [0, 0.05) is 30.9 Å². The molecule has 2 N–H and O–H groups in total. The molecule has 1 aliphatic heterocycles. The summed E-state index contributed by atoms with van der Waals surface area (Å²) in [6.45, 7) is 6.59. The number of nitrogens with two attached hydrogens (primary N) is 1. The third-order valence-electron chi connectivity index (χ3n) is 3.62. The zero-order valence-corrected chi connectivity index (χ0v) is 10.9. The molecule has 1 aromatic rings. The van der Waals surface area contributed by atoms with Crippen molar-refractivity contribution in [2.75, 3.05) is 18.0 Å². The molecule has 17 heavy (non-hydrogen) atoms. The first-order valence-electron chi connectivity index (χ1n) is 6.64. The first-order chi connectivity index (χ1) is 8.18. The molecule has 2 heterocycles. The van der Waals surface area contributed by atoms with Crippen molar-refractivity contribution in [1.29, 1.82) is 0 Å². The Labute approximate surface area is 104 Å². The minimum Gasteiger partial charge on any atom is -0.356 e. The first-order valence-corrected chi connectivity index (χ1v) is 6.64. The van der Waals surface area contributed by atoms with E-state index in [0.717, 1.165) is 24.8 Å². The Balaban J connectivity index is 2.21. The highest BCUT2D eigenvalue weighted by molar-refractivity contribution is 5.48. The van der Waals surface area contributed by atoms with Gasteiger partial charge in [-0.25, -0.2) is 4.98 Å². The Morgan fingerprint density at radius 2 is 2.24 bits per heavy atom. The molecule has 3 heteroatoms. The van der Waals surface area contributed by atoms with Gasteiger partial charge in [0.2, 0.25) is 0 Å². The second-order valence-electron chi connectivity index (χ2n) is 5.23. The van der Waals surface area contributed by atoms with E-state index in [2.05, 4.69) is 22.9 Å². The van der Waals surface area contributed by atoms with E-state index in [1.807, 2.05) is 19.2 Å². The van der Waals surface area contributed by atoms with E-state index in [9.17, 15) is 0 Å². The van der Waals surface area contributed by atoms with Crippen LogP contribution in [0.2, 0.25) is 0 Å². The highest BCUT2D eigenvalue weighted by Crippen LogP contribution is 2.26. The molecular weight excluding hydrogens is 210 g/mol. The lowest BCUT2D eigenvalue weighted by molar-refractivity contribution is 0.521. The maximum absolute atomic E-state index is 6.02. The minimum absolute atomic E-state index is 0.0550. The van der Waals surface area contributed by atoms with Crippen LogP contribution in [0.5, 0.6) is 0 Å². The van der Waals surface area contributed by atoms with Gasteiger partial charge in [-0.3, -0.25) is 0 Å². The number of anilines is 1. The smallest absolute Gasteiger partial charge is 0.133 e. The van der Waals surface area contributed by atoms with Crippen molar-refractivity contribution >= 4 is 5.82 Å². The average Bonchev–Trinajstić information content (AvgIpc) is 2.54. The SMILES string of the molecule is CC1CCCN(c2ncccc2[C@H](C)N)CC1. The predicted octanol–water partition coefficient (Wildman–Crippen LogP) is 2.73. The molecule has 0 aliphatic carbocycles. The van der Waals surface area contributed by atoms with Crippen LogP contribution in [0.1, 0.15) is 44.7 Å². The Kier molecular flexibility index (Phi) is 4.00. The summed E-state index contributed by atoms with van der Waals surface area (Å²) in [5, 5.41) is 0. The van der Waals surface area contributed by atoms with Gasteiger partial charge >= 0.3 is 0 Å². The van der Waals surface area contributed by atoms with Crippen LogP contribution in [0.4, 0.5) is 5.82 Å². The van der Waals surface area contributed by atoms with Gasteiger partial charge in [-0.1, -0.05) is 13.0 Å². The van der Waals surface area contributed by atoms with Crippen LogP contribution < -0.4 is 10.6 Å². The molecule has 0 saturated carbocycles. The van der Waals surface area contributed by atoms with E-state index in [1.54, 1.807) is 0 Å². The van der Waals surface area contributed by atoms with Gasteiger partial charge in [0.15, 0.2) is 0 Å². The molecule has 1 aromatic heterocycles. The van der Waals surface area contributed by atoms with Crippen molar-refractivity contribution in [2.24, 2.45) is 11.7 Å². The molecule has 1 unspecified atom stereocenters. The summed E-state index contributed by atoms with van der Waals surface area (Å²) in [5.41, 5.74) is 7.19. The van der Waals surface area contributed by atoms with Crippen LogP contribution in [-0.4, -0.2) is 18.1 Å². The molecule has 0 amide bonds. The van der Waals surface area contributed by atoms with Crippen LogP contribution in [0.3, 0.4) is 0 Å². The van der Waals surface area contributed by atoms with E-state index in [-0.39, 0.29) is 6.04 Å². The first kappa shape index (κ1) is 12.4. The van der Waals surface area contributed by atoms with Gasteiger partial charge in [-0.2, -0.15) is 0 Å². The highest BCUT2D eigenvalue weighted by Gasteiger charge is 2.18. The molecule has 94 valence electrons. The monoisotopic (exact) mass is 233 g/mol. The fraction of sp³-hybridized carbons (Fsp3) is 0.643. The third-order valence-corrected chi connectivity index (χ3v) is 3.62. The van der Waals surface area contributed by atoms with E-state index in [1.165, 1.54) is 24.8 Å². The lowest BCUT2D eigenvalue weighted by Crippen LogP contribution is -2.27. The quantitative estimate of drug-likeness (QED) is 0.854. The van der Waals surface area contributed by atoms with Crippen molar-refractivity contribution in [3.8, 4) is 0 Å². The Morgan fingerprint density at radius 3 is 3.00 bits per heavy atom. The van der Waals surface area contributed by atoms with Gasteiger partial charge in [0.25, 0.3) is 0 Å². The zero-order chi connectivity index (χ0) is 12.3. The summed E-state index contributed by atoms with van der Waals surface area (Å²) >= 11 is 0. The molecule has 0 bridgehead atoms. The van der Waals surface area contributed by atoms with Crippen molar-refractivity contribution in [3.63, 3.8) is 0 Å². The third kappa shape index (κ3) is 2.97. The molecule has 0 radical (unpaired) electrons. The highest BCUT2D eigenvalue weighted by atomic mass is 15.2. The normalized spacial score (nSPS) is 23.2. The van der Waals surface area contributed by atoms with E-state index < -0.39 is 0 Å². The van der Waals surface area contributed by atoms with Crippen molar-refractivity contribution < 1.29 is 0 Å². The fourth-order valence-electron chi connectivity index (χ4n) is 2.50. The topological polar surface area (TPSA) is 42.2 Å². The summed E-state index contributed by atoms with van der Waals surface area (Å²) in [6.07, 6.45) is 5.72. The molecule has 1 saturated heterocycles. The number of hydrogen-bond acceptors (Lipinski definition) is 3. The van der Waals surface area contributed by atoms with Crippen LogP contribution in [-0.2, 0) is 0 Å². The summed E-state index contributed by atoms with van der Waals surface area (Å²) in [4.78, 5) is 6.94. The molecule has 2 atom stereocenters. The van der Waals surface area contributed by atoms with Gasteiger partial charge in [0.1, 0.15) is 5.82 Å². The van der Waals surface area contributed by atoms with Crippen molar-refractivity contribution in [2.45, 2.75) is 39.2 Å². The predicted molar refractivity (Wildman–Crippen MR) is 72.1 cm³/mol. The molecule has 0 spiro atoms. The standard InChI is InChI=1S/C14H23N3/c1-11-5-4-9-17(10-7-11)14-13(12(2)15)6-3-8-16-14/h3,6,8,11-12H,4-5,7,9-10,15H2,1-2H3/t11?,12-/m0/s1. The second kappa shape index (κ2) is 5.50. The zero-order valence-electron chi connectivity index (χ0n) is 10.9. The number of pyridine rings is 1. The largest absolute Gasteiger partial charge is 0.356 e. The van der Waals surface area contributed by atoms with Crippen LogP contribution in [0.25, 0.3) is 0 Å². The van der Waals surface area contributed by atoms with Crippen LogP contribution in [0.15, 0.2) is 18.3 Å². The minimum atomic E-state index is 0.0550. The number of hydrogen-bond donors (Lipinski definition) is 1. The summed E-state index contributed by atoms with van der Waals surface area (Å²) in [6, 6.07) is 4.13. The average molecular weight is 233 g/mol. The maximum Gasteiger partial charge on any atom is 0.133 e. The molecule has 3 nitrogen and oxygen atoms in total. The molecular formula is C14H23N3.